The fourth-order valence-electron chi connectivity index (χ4n) is 2.68. The second-order valence-electron chi connectivity index (χ2n) is 5.02. The molecule has 2 N–H and O–H groups in total. The Bertz CT molecular complexity index is 539. The van der Waals surface area contributed by atoms with Crippen LogP contribution < -0.4 is 10.6 Å². The van der Waals surface area contributed by atoms with Gasteiger partial charge in [0.25, 0.3) is 0 Å². The summed E-state index contributed by atoms with van der Waals surface area (Å²) in [6.07, 6.45) is 4.09. The third-order valence-corrected chi connectivity index (χ3v) is 4.65. The number of thiophene rings is 1. The molecule has 1 aliphatic rings. The maximum Gasteiger partial charge on any atom is 0.141 e. The molecule has 18 heavy (non-hydrogen) atoms. The van der Waals surface area contributed by atoms with E-state index in [1.165, 1.54) is 18.2 Å². The van der Waals surface area contributed by atoms with Crippen molar-refractivity contribution in [3.63, 3.8) is 0 Å². The van der Waals surface area contributed by atoms with E-state index in [1.807, 2.05) is 0 Å². The average Bonchev–Trinajstić information content (AvgIpc) is 2.87. The van der Waals surface area contributed by atoms with Gasteiger partial charge in [-0.15, -0.1) is 11.3 Å². The van der Waals surface area contributed by atoms with Crippen LogP contribution in [0.25, 0.3) is 10.2 Å². The lowest BCUT2D eigenvalue weighted by Crippen LogP contribution is -2.44. The van der Waals surface area contributed by atoms with Crippen LogP contribution in [0.1, 0.15) is 19.8 Å². The molecule has 0 spiro atoms. The minimum Gasteiger partial charge on any atom is -0.353 e. The molecule has 2 aromatic rings. The number of nitrogens with zero attached hydrogens (tertiary/aromatic N) is 3. The van der Waals surface area contributed by atoms with Crippen LogP contribution in [0.2, 0.25) is 0 Å². The van der Waals surface area contributed by atoms with Crippen LogP contribution in [0.5, 0.6) is 0 Å². The number of fused-ring (bicyclic) bond motifs is 1. The quantitative estimate of drug-likeness (QED) is 0.902. The molecule has 1 aliphatic heterocycles. The van der Waals surface area contributed by atoms with Crippen molar-refractivity contribution in [1.82, 2.24) is 9.97 Å². The molecule has 0 bridgehead atoms. The number of anilines is 1. The van der Waals surface area contributed by atoms with Crippen LogP contribution >= 0.6 is 11.3 Å². The summed E-state index contributed by atoms with van der Waals surface area (Å²) in [7, 11) is 0. The van der Waals surface area contributed by atoms with Crippen LogP contribution in [0.3, 0.4) is 0 Å². The van der Waals surface area contributed by atoms with Gasteiger partial charge in [-0.25, -0.2) is 9.97 Å². The van der Waals surface area contributed by atoms with Crippen molar-refractivity contribution < 1.29 is 0 Å². The molecule has 1 saturated heterocycles. The number of hydrogen-bond acceptors (Lipinski definition) is 5. The summed E-state index contributed by atoms with van der Waals surface area (Å²) in [4.78, 5) is 12.3. The highest BCUT2D eigenvalue weighted by atomic mass is 32.1. The molecule has 1 fully saturated rings. The van der Waals surface area contributed by atoms with Crippen molar-refractivity contribution in [2.24, 2.45) is 11.7 Å². The first kappa shape index (κ1) is 11.9. The molecule has 0 saturated carbocycles. The van der Waals surface area contributed by atoms with Crippen molar-refractivity contribution >= 4 is 27.4 Å². The molecule has 4 nitrogen and oxygen atoms in total. The number of nitrogens with two attached hydrogens (primary N) is 1. The Hall–Kier alpha value is -1.20. The maximum absolute atomic E-state index is 5.82. The highest BCUT2D eigenvalue weighted by Gasteiger charge is 2.26. The molecule has 3 rings (SSSR count). The summed E-state index contributed by atoms with van der Waals surface area (Å²) in [5.74, 6) is 1.66. The van der Waals surface area contributed by atoms with Gasteiger partial charge in [0.05, 0.1) is 5.39 Å². The Kier molecular flexibility index (Phi) is 3.18. The second kappa shape index (κ2) is 4.82. The first-order valence-corrected chi connectivity index (χ1v) is 7.32. The summed E-state index contributed by atoms with van der Waals surface area (Å²) in [5.41, 5.74) is 5.82. The van der Waals surface area contributed by atoms with E-state index in [1.54, 1.807) is 17.7 Å². The second-order valence-corrected chi connectivity index (χ2v) is 5.91. The van der Waals surface area contributed by atoms with E-state index in [0.717, 1.165) is 23.7 Å². The minimum atomic E-state index is 0.533. The van der Waals surface area contributed by atoms with Crippen LogP contribution in [0.15, 0.2) is 17.8 Å². The molecule has 2 unspecified atom stereocenters. The SMILES string of the molecule is CC1CCC(CN)CN1c1ncnc2sccc12. The molecular weight excluding hydrogens is 244 g/mol. The fourth-order valence-corrected chi connectivity index (χ4v) is 3.40. The summed E-state index contributed by atoms with van der Waals surface area (Å²) < 4.78 is 0. The molecule has 2 atom stereocenters. The van der Waals surface area contributed by atoms with Gasteiger partial charge in [-0.05, 0) is 43.7 Å². The summed E-state index contributed by atoms with van der Waals surface area (Å²) in [6.45, 7) is 4.05. The monoisotopic (exact) mass is 262 g/mol. The van der Waals surface area contributed by atoms with Gasteiger partial charge in [-0.3, -0.25) is 0 Å². The Morgan fingerprint density at radius 1 is 1.44 bits per heavy atom. The summed E-state index contributed by atoms with van der Waals surface area (Å²) in [5, 5.41) is 3.25. The van der Waals surface area contributed by atoms with E-state index < -0.39 is 0 Å². The Morgan fingerprint density at radius 2 is 2.33 bits per heavy atom. The van der Waals surface area contributed by atoms with Crippen molar-refractivity contribution in [1.29, 1.82) is 0 Å². The van der Waals surface area contributed by atoms with Crippen LogP contribution in [0.4, 0.5) is 5.82 Å². The van der Waals surface area contributed by atoms with Gasteiger partial charge in [-0.1, -0.05) is 0 Å². The number of hydrogen-bond donors (Lipinski definition) is 1. The first-order valence-electron chi connectivity index (χ1n) is 6.44. The molecule has 0 amide bonds. The predicted octanol–water partition coefficient (Wildman–Crippen LogP) is 2.25. The van der Waals surface area contributed by atoms with E-state index in [9.17, 15) is 0 Å². The Morgan fingerprint density at radius 3 is 3.17 bits per heavy atom. The lowest BCUT2D eigenvalue weighted by atomic mass is 9.93. The lowest BCUT2D eigenvalue weighted by Gasteiger charge is -2.38. The lowest BCUT2D eigenvalue weighted by molar-refractivity contribution is 0.372. The fraction of sp³-hybridized carbons (Fsp3) is 0.538. The standard InChI is InChI=1S/C13H18N4S/c1-9-2-3-10(6-14)7-17(9)12-11-4-5-18-13(11)16-8-15-12/h4-5,8-10H,2-3,6-7,14H2,1H3. The van der Waals surface area contributed by atoms with E-state index >= 15 is 0 Å². The Balaban J connectivity index is 1.99. The molecule has 5 heteroatoms. The largest absolute Gasteiger partial charge is 0.353 e. The topological polar surface area (TPSA) is 55.0 Å². The van der Waals surface area contributed by atoms with Gasteiger partial charge in [0.1, 0.15) is 17.0 Å². The third kappa shape index (κ3) is 1.97. The minimum absolute atomic E-state index is 0.533. The van der Waals surface area contributed by atoms with Gasteiger partial charge in [0.15, 0.2) is 0 Å². The molecule has 2 aromatic heterocycles. The number of aromatic nitrogens is 2. The van der Waals surface area contributed by atoms with Gasteiger partial charge >= 0.3 is 0 Å². The zero-order valence-corrected chi connectivity index (χ0v) is 11.4. The molecule has 0 radical (unpaired) electrons. The van der Waals surface area contributed by atoms with Crippen molar-refractivity contribution in [2.45, 2.75) is 25.8 Å². The first-order chi connectivity index (χ1) is 8.79. The van der Waals surface area contributed by atoms with Crippen molar-refractivity contribution in [3.05, 3.63) is 17.8 Å². The van der Waals surface area contributed by atoms with Crippen LogP contribution in [-0.2, 0) is 0 Å². The average molecular weight is 262 g/mol. The van der Waals surface area contributed by atoms with E-state index in [2.05, 4.69) is 33.2 Å². The number of piperidine rings is 1. The van der Waals surface area contributed by atoms with E-state index in [4.69, 9.17) is 5.73 Å². The van der Waals surface area contributed by atoms with Gasteiger partial charge in [0.2, 0.25) is 0 Å². The van der Waals surface area contributed by atoms with Gasteiger partial charge in [-0.2, -0.15) is 0 Å². The van der Waals surface area contributed by atoms with E-state index in [-0.39, 0.29) is 0 Å². The summed E-state index contributed by atoms with van der Waals surface area (Å²) in [6, 6.07) is 2.65. The molecule has 0 aromatic carbocycles. The predicted molar refractivity (Wildman–Crippen MR) is 76.0 cm³/mol. The van der Waals surface area contributed by atoms with E-state index in [0.29, 0.717) is 12.0 Å². The third-order valence-electron chi connectivity index (χ3n) is 3.83. The van der Waals surface area contributed by atoms with Crippen LogP contribution in [-0.4, -0.2) is 29.1 Å². The zero-order valence-electron chi connectivity index (χ0n) is 10.5. The molecule has 96 valence electrons. The normalized spacial score (nSPS) is 24.7. The van der Waals surface area contributed by atoms with Crippen molar-refractivity contribution in [2.75, 3.05) is 18.0 Å². The molecule has 3 heterocycles. The zero-order chi connectivity index (χ0) is 12.5. The Labute approximate surface area is 111 Å². The maximum atomic E-state index is 5.82. The highest BCUT2D eigenvalue weighted by molar-refractivity contribution is 7.16. The van der Waals surface area contributed by atoms with Crippen molar-refractivity contribution in [3.8, 4) is 0 Å². The van der Waals surface area contributed by atoms with Gasteiger partial charge < -0.3 is 10.6 Å². The number of rotatable bonds is 2. The molecule has 0 aliphatic carbocycles. The smallest absolute Gasteiger partial charge is 0.141 e. The molecular formula is C13H18N4S. The van der Waals surface area contributed by atoms with Crippen LogP contribution in [0, 0.1) is 5.92 Å². The highest BCUT2D eigenvalue weighted by Crippen LogP contribution is 2.32. The summed E-state index contributed by atoms with van der Waals surface area (Å²) >= 11 is 1.67. The van der Waals surface area contributed by atoms with Gasteiger partial charge in [0, 0.05) is 12.6 Å².